The van der Waals surface area contributed by atoms with Crippen molar-refractivity contribution in [3.63, 3.8) is 0 Å². The van der Waals surface area contributed by atoms with Crippen LogP contribution in [0.15, 0.2) is 43.0 Å². The number of rotatable bonds is 7. The maximum atomic E-state index is 3.88. The van der Waals surface area contributed by atoms with E-state index in [0.717, 1.165) is 17.4 Å². The van der Waals surface area contributed by atoms with Crippen molar-refractivity contribution in [2.45, 2.75) is 20.3 Å². The summed E-state index contributed by atoms with van der Waals surface area (Å²) in [4.78, 5) is 0. The van der Waals surface area contributed by atoms with Crippen molar-refractivity contribution in [2.75, 3.05) is 26.2 Å². The maximum absolute atomic E-state index is 3.88. The van der Waals surface area contributed by atoms with E-state index in [9.17, 15) is 0 Å². The fraction of sp³-hybridized carbons (Fsp3) is 0.467. The summed E-state index contributed by atoms with van der Waals surface area (Å²) in [6.07, 6.45) is 3.22. The first-order valence-electron chi connectivity index (χ1n) is 6.26. The van der Waals surface area contributed by atoms with Crippen LogP contribution in [0.3, 0.4) is 0 Å². The van der Waals surface area contributed by atoms with Gasteiger partial charge in [-0.3, -0.25) is 0 Å². The van der Waals surface area contributed by atoms with Crippen LogP contribution in [0.1, 0.15) is 19.4 Å². The molecule has 0 unspecified atom stereocenters. The van der Waals surface area contributed by atoms with E-state index >= 15 is 0 Å². The number of hydrogen-bond acceptors (Lipinski definition) is 0. The Labute approximate surface area is 112 Å². The summed E-state index contributed by atoms with van der Waals surface area (Å²) in [5.74, 6) is 0. The van der Waals surface area contributed by atoms with Gasteiger partial charge < -0.3 is 16.9 Å². The Kier molecular flexibility index (Phi) is 7.94. The Morgan fingerprint density at radius 1 is 1.12 bits per heavy atom. The normalized spacial score (nSPS) is 10.7. The lowest BCUT2D eigenvalue weighted by atomic mass is 10.1. The number of benzene rings is 1. The third-order valence-electron chi connectivity index (χ3n) is 3.58. The van der Waals surface area contributed by atoms with Gasteiger partial charge in [-0.15, -0.1) is 0 Å². The Hall–Kier alpha value is -0.790. The average molecular weight is 254 g/mol. The lowest BCUT2D eigenvalue weighted by Gasteiger charge is -2.36. The summed E-state index contributed by atoms with van der Waals surface area (Å²) >= 11 is 0. The highest BCUT2D eigenvalue weighted by Gasteiger charge is 2.20. The first-order valence-corrected chi connectivity index (χ1v) is 6.26. The van der Waals surface area contributed by atoms with E-state index in [0.29, 0.717) is 0 Å². The molecular weight excluding hydrogens is 230 g/mol. The van der Waals surface area contributed by atoms with Crippen LogP contribution in [0, 0.1) is 0 Å². The molecule has 1 aromatic carbocycles. The maximum Gasteiger partial charge on any atom is 0.0971 e. The molecule has 0 radical (unpaired) electrons. The predicted molar refractivity (Wildman–Crippen MR) is 71.4 cm³/mol. The zero-order valence-electron chi connectivity index (χ0n) is 11.0. The van der Waals surface area contributed by atoms with Gasteiger partial charge >= 0.3 is 0 Å². The molecule has 1 aromatic rings. The highest BCUT2D eigenvalue weighted by molar-refractivity contribution is 5.14. The van der Waals surface area contributed by atoms with Gasteiger partial charge in [0.2, 0.25) is 0 Å². The van der Waals surface area contributed by atoms with Gasteiger partial charge in [-0.05, 0) is 25.5 Å². The largest absolute Gasteiger partial charge is 1.00 e. The first kappa shape index (κ1) is 16.2. The Morgan fingerprint density at radius 3 is 2.18 bits per heavy atom. The second-order valence-corrected chi connectivity index (χ2v) is 4.40. The van der Waals surface area contributed by atoms with Crippen molar-refractivity contribution in [3.8, 4) is 0 Å². The van der Waals surface area contributed by atoms with Gasteiger partial charge in [0.1, 0.15) is 0 Å². The Bertz CT molecular complexity index is 304. The van der Waals surface area contributed by atoms with Gasteiger partial charge in [-0.1, -0.05) is 36.9 Å². The van der Waals surface area contributed by atoms with E-state index in [1.807, 2.05) is 0 Å². The number of halogens is 1. The minimum atomic E-state index is 0. The summed E-state index contributed by atoms with van der Waals surface area (Å²) in [6, 6.07) is 10.8. The quantitative estimate of drug-likeness (QED) is 0.484. The SMILES string of the molecule is C=CC[N+](CC)(CC)CCc1ccccc1.[Cl-]. The summed E-state index contributed by atoms with van der Waals surface area (Å²) in [5, 5.41) is 0. The molecule has 0 spiro atoms. The molecule has 0 aliphatic heterocycles. The molecule has 0 aliphatic rings. The van der Waals surface area contributed by atoms with Crippen LogP contribution in [-0.4, -0.2) is 30.7 Å². The smallest absolute Gasteiger partial charge is 0.0971 e. The highest BCUT2D eigenvalue weighted by atomic mass is 35.5. The minimum absolute atomic E-state index is 0. The third kappa shape index (κ3) is 4.93. The average Bonchev–Trinajstić information content (AvgIpc) is 2.36. The van der Waals surface area contributed by atoms with Crippen LogP contribution in [-0.2, 0) is 6.42 Å². The molecule has 0 saturated heterocycles. The van der Waals surface area contributed by atoms with Gasteiger partial charge in [0.05, 0.1) is 26.2 Å². The van der Waals surface area contributed by atoms with Gasteiger partial charge in [0.25, 0.3) is 0 Å². The van der Waals surface area contributed by atoms with E-state index in [1.54, 1.807) is 0 Å². The van der Waals surface area contributed by atoms with Crippen LogP contribution >= 0.6 is 0 Å². The molecule has 96 valence electrons. The number of hydrogen-bond donors (Lipinski definition) is 0. The second kappa shape index (κ2) is 8.32. The fourth-order valence-corrected chi connectivity index (χ4v) is 2.17. The van der Waals surface area contributed by atoms with Crippen LogP contribution in [0.4, 0.5) is 0 Å². The van der Waals surface area contributed by atoms with Crippen molar-refractivity contribution < 1.29 is 16.9 Å². The summed E-state index contributed by atoms with van der Waals surface area (Å²) in [5.41, 5.74) is 1.44. The Balaban J connectivity index is 0.00000256. The molecule has 2 heteroatoms. The summed E-state index contributed by atoms with van der Waals surface area (Å²) < 4.78 is 1.15. The van der Waals surface area contributed by atoms with Crippen molar-refractivity contribution in [2.24, 2.45) is 0 Å². The molecule has 1 nitrogen and oxygen atoms in total. The molecule has 0 fully saturated rings. The van der Waals surface area contributed by atoms with E-state index < -0.39 is 0 Å². The van der Waals surface area contributed by atoms with Gasteiger partial charge in [0.15, 0.2) is 0 Å². The second-order valence-electron chi connectivity index (χ2n) is 4.40. The standard InChI is InChI=1S/C15H24N.ClH/c1-4-13-16(5-2,6-3)14-12-15-10-8-7-9-11-15;/h4,7-11H,1,5-6,12-14H2,2-3H3;1H/q+1;/p-1. The number of quaternary nitrogens is 1. The lowest BCUT2D eigenvalue weighted by molar-refractivity contribution is -0.919. The molecule has 0 aromatic heterocycles. The van der Waals surface area contributed by atoms with Crippen molar-refractivity contribution in [3.05, 3.63) is 48.6 Å². The van der Waals surface area contributed by atoms with E-state index in [-0.39, 0.29) is 12.4 Å². The Morgan fingerprint density at radius 2 is 1.71 bits per heavy atom. The van der Waals surface area contributed by atoms with Gasteiger partial charge in [-0.25, -0.2) is 0 Å². The summed E-state index contributed by atoms with van der Waals surface area (Å²) in [7, 11) is 0. The van der Waals surface area contributed by atoms with Gasteiger partial charge in [0, 0.05) is 6.42 Å². The number of nitrogens with zero attached hydrogens (tertiary/aromatic N) is 1. The molecule has 0 aliphatic carbocycles. The van der Waals surface area contributed by atoms with E-state index in [2.05, 4.69) is 56.8 Å². The molecule has 17 heavy (non-hydrogen) atoms. The van der Waals surface area contributed by atoms with Crippen molar-refractivity contribution in [1.82, 2.24) is 0 Å². The molecule has 1 rings (SSSR count). The third-order valence-corrected chi connectivity index (χ3v) is 3.58. The molecule has 0 amide bonds. The molecular formula is C15H24ClN. The van der Waals surface area contributed by atoms with Gasteiger partial charge in [-0.2, -0.15) is 0 Å². The summed E-state index contributed by atoms with van der Waals surface area (Å²) in [6.45, 7) is 13.1. The van der Waals surface area contributed by atoms with Crippen molar-refractivity contribution >= 4 is 0 Å². The van der Waals surface area contributed by atoms with Crippen molar-refractivity contribution in [1.29, 1.82) is 0 Å². The zero-order chi connectivity index (χ0) is 11.9. The topological polar surface area (TPSA) is 0 Å². The van der Waals surface area contributed by atoms with Crippen LogP contribution in [0.25, 0.3) is 0 Å². The fourth-order valence-electron chi connectivity index (χ4n) is 2.17. The molecule has 0 bridgehead atoms. The van der Waals surface area contributed by atoms with E-state index in [1.165, 1.54) is 25.2 Å². The molecule has 0 atom stereocenters. The van der Waals surface area contributed by atoms with E-state index in [4.69, 9.17) is 0 Å². The zero-order valence-corrected chi connectivity index (χ0v) is 11.8. The van der Waals surface area contributed by atoms with Crippen LogP contribution in [0.2, 0.25) is 0 Å². The lowest BCUT2D eigenvalue weighted by Crippen LogP contribution is -3.00. The molecule has 0 N–H and O–H groups in total. The number of likely N-dealkylation sites (N-methyl/N-ethyl adjacent to an activating group) is 1. The first-order chi connectivity index (χ1) is 7.76. The van der Waals surface area contributed by atoms with Crippen LogP contribution < -0.4 is 12.4 Å². The minimum Gasteiger partial charge on any atom is -1.00 e. The highest BCUT2D eigenvalue weighted by Crippen LogP contribution is 2.10. The van der Waals surface area contributed by atoms with Crippen LogP contribution in [0.5, 0.6) is 0 Å². The molecule has 0 saturated carbocycles. The predicted octanol–water partition coefficient (Wildman–Crippen LogP) is 0.276. The monoisotopic (exact) mass is 253 g/mol. The molecule has 0 heterocycles.